The molecule has 1 heterocycles. The van der Waals surface area contributed by atoms with Gasteiger partial charge in [-0.05, 0) is 79.8 Å². The third-order valence-electron chi connectivity index (χ3n) is 8.53. The lowest BCUT2D eigenvalue weighted by Crippen LogP contribution is -2.58. The Morgan fingerprint density at radius 2 is 1.72 bits per heavy atom. The normalized spacial score (nSPS) is 18.4. The molecule has 0 saturated carbocycles. The van der Waals surface area contributed by atoms with Crippen LogP contribution in [0.3, 0.4) is 0 Å². The number of carbonyl (C=O) groups is 2. The molecular weight excluding hydrogens is 647 g/mol. The van der Waals surface area contributed by atoms with E-state index in [9.17, 15) is 18.0 Å². The molecule has 47 heavy (non-hydrogen) atoms. The number of hydrogen-bond acceptors (Lipinski definition) is 8. The quantitative estimate of drug-likeness (QED) is 0.276. The Hall–Kier alpha value is -3.55. The predicted molar refractivity (Wildman–Crippen MR) is 180 cm³/mol. The molecule has 13 heteroatoms. The number of anilines is 1. The number of sulfonamides is 1. The number of amides is 2. The van der Waals surface area contributed by atoms with Gasteiger partial charge in [0.25, 0.3) is 5.91 Å². The summed E-state index contributed by atoms with van der Waals surface area (Å²) >= 11 is 6.08. The van der Waals surface area contributed by atoms with Gasteiger partial charge in [0, 0.05) is 41.7 Å². The van der Waals surface area contributed by atoms with Crippen molar-refractivity contribution in [3.05, 3.63) is 88.7 Å². The van der Waals surface area contributed by atoms with Gasteiger partial charge in [0.2, 0.25) is 10.0 Å². The van der Waals surface area contributed by atoms with Gasteiger partial charge in [0.1, 0.15) is 11.6 Å². The number of benzene rings is 3. The summed E-state index contributed by atoms with van der Waals surface area (Å²) in [7, 11) is -1.31. The second-order valence-electron chi connectivity index (χ2n) is 11.9. The van der Waals surface area contributed by atoms with Crippen LogP contribution in [-0.2, 0) is 26.0 Å². The monoisotopic (exact) mass is 688 g/mol. The number of nitrogens with two attached hydrogens (primary N) is 1. The molecule has 0 aliphatic carbocycles. The summed E-state index contributed by atoms with van der Waals surface area (Å²) < 4.78 is 55.0. The van der Waals surface area contributed by atoms with Crippen molar-refractivity contribution >= 4 is 39.3 Å². The zero-order valence-corrected chi connectivity index (χ0v) is 28.7. The smallest absolute Gasteiger partial charge is 0.420 e. The number of nitrogens with one attached hydrogen (secondary N) is 1. The number of nitrogens with zero attached hydrogens (tertiary/aromatic N) is 2. The fraction of sp³-hybridized carbons (Fsp3) is 0.412. The van der Waals surface area contributed by atoms with Gasteiger partial charge in [0.05, 0.1) is 30.8 Å². The van der Waals surface area contributed by atoms with E-state index in [1.165, 1.54) is 41.7 Å². The van der Waals surface area contributed by atoms with E-state index in [1.54, 1.807) is 43.3 Å². The molecule has 0 radical (unpaired) electrons. The number of piperazine rings is 1. The highest BCUT2D eigenvalue weighted by molar-refractivity contribution is 7.89. The van der Waals surface area contributed by atoms with Gasteiger partial charge in [-0.25, -0.2) is 22.5 Å². The first-order chi connectivity index (χ1) is 22.3. The molecule has 0 aromatic heterocycles. The summed E-state index contributed by atoms with van der Waals surface area (Å²) in [4.78, 5) is 28.2. The van der Waals surface area contributed by atoms with Crippen molar-refractivity contribution in [3.63, 3.8) is 0 Å². The SMILES string of the molecule is COC(=O)N(C(=O)[C@@H](N)[C@@H](c1ccc(Cl)cc1)C(C)C)c1cccc(F)c1CC[C@H]1CNC[C@H](C)N1S(=O)(=O)c1ccc(OC)cc1. The second kappa shape index (κ2) is 15.6. The Labute approximate surface area is 281 Å². The van der Waals surface area contributed by atoms with Crippen LogP contribution in [0.15, 0.2) is 71.6 Å². The second-order valence-corrected chi connectivity index (χ2v) is 14.2. The van der Waals surface area contributed by atoms with E-state index in [0.717, 1.165) is 17.6 Å². The maximum Gasteiger partial charge on any atom is 0.420 e. The summed E-state index contributed by atoms with van der Waals surface area (Å²) in [6.07, 6.45) is -0.821. The largest absolute Gasteiger partial charge is 0.497 e. The van der Waals surface area contributed by atoms with Crippen molar-refractivity contribution in [2.24, 2.45) is 11.7 Å². The van der Waals surface area contributed by atoms with Crippen LogP contribution in [0, 0.1) is 11.7 Å². The van der Waals surface area contributed by atoms with Gasteiger partial charge in [-0.1, -0.05) is 43.6 Å². The van der Waals surface area contributed by atoms with E-state index in [0.29, 0.717) is 23.9 Å². The zero-order valence-electron chi connectivity index (χ0n) is 27.2. The molecule has 254 valence electrons. The summed E-state index contributed by atoms with van der Waals surface area (Å²) in [5, 5.41) is 3.79. The molecule has 0 bridgehead atoms. The fourth-order valence-corrected chi connectivity index (χ4v) is 8.21. The van der Waals surface area contributed by atoms with Crippen LogP contribution in [0.5, 0.6) is 5.75 Å². The van der Waals surface area contributed by atoms with Crippen molar-refractivity contribution < 1.29 is 31.9 Å². The molecule has 0 spiro atoms. The topological polar surface area (TPSA) is 131 Å². The molecule has 10 nitrogen and oxygen atoms in total. The highest BCUT2D eigenvalue weighted by Crippen LogP contribution is 2.33. The van der Waals surface area contributed by atoms with E-state index < -0.39 is 51.9 Å². The molecule has 4 atom stereocenters. The molecule has 0 unspecified atom stereocenters. The molecule has 3 N–H and O–H groups in total. The van der Waals surface area contributed by atoms with Gasteiger partial charge in [-0.15, -0.1) is 0 Å². The van der Waals surface area contributed by atoms with Crippen molar-refractivity contribution in [1.82, 2.24) is 9.62 Å². The molecule has 1 saturated heterocycles. The molecule has 3 aromatic carbocycles. The summed E-state index contributed by atoms with van der Waals surface area (Å²) in [6.45, 7) is 6.38. The minimum Gasteiger partial charge on any atom is -0.497 e. The Bertz CT molecular complexity index is 1660. The summed E-state index contributed by atoms with van der Waals surface area (Å²) in [5.41, 5.74) is 7.38. The third kappa shape index (κ3) is 7.95. The lowest BCUT2D eigenvalue weighted by atomic mass is 9.82. The molecule has 3 aromatic rings. The van der Waals surface area contributed by atoms with Crippen LogP contribution in [0.4, 0.5) is 14.9 Å². The maximum atomic E-state index is 15.6. The van der Waals surface area contributed by atoms with Crippen molar-refractivity contribution in [2.45, 2.75) is 62.6 Å². The van der Waals surface area contributed by atoms with Crippen LogP contribution in [0.1, 0.15) is 44.2 Å². The standard InChI is InChI=1S/C34H42ClFN4O6S/c1-21(2)31(23-9-11-24(35)12-10-23)32(37)33(41)39(34(42)46-5)30-8-6-7-29(36)28(30)18-13-25-20-38-19-22(3)40(25)47(43,44)27-16-14-26(45-4)15-17-27/h6-12,14-17,21-22,25,31-32,38H,13,18-20,37H2,1-5H3/t22-,25-,31+,32-/m0/s1. The molecular formula is C34H42ClFN4O6S. The maximum absolute atomic E-state index is 15.6. The van der Waals surface area contributed by atoms with Crippen LogP contribution < -0.4 is 20.7 Å². The number of halogens is 2. The minimum atomic E-state index is -3.93. The van der Waals surface area contributed by atoms with E-state index in [-0.39, 0.29) is 34.9 Å². The van der Waals surface area contributed by atoms with Gasteiger partial charge < -0.3 is 20.5 Å². The zero-order chi connectivity index (χ0) is 34.5. The van der Waals surface area contributed by atoms with Crippen LogP contribution in [0.25, 0.3) is 0 Å². The average molecular weight is 689 g/mol. The first-order valence-electron chi connectivity index (χ1n) is 15.4. The van der Waals surface area contributed by atoms with Gasteiger partial charge in [0.15, 0.2) is 0 Å². The lowest BCUT2D eigenvalue weighted by Gasteiger charge is -2.40. The fourth-order valence-electron chi connectivity index (χ4n) is 6.24. The highest BCUT2D eigenvalue weighted by Gasteiger charge is 2.40. The Kier molecular flexibility index (Phi) is 12.0. The number of rotatable bonds is 11. The van der Waals surface area contributed by atoms with Crippen LogP contribution >= 0.6 is 11.6 Å². The minimum absolute atomic E-state index is 0.0104. The van der Waals surface area contributed by atoms with E-state index in [1.807, 2.05) is 13.8 Å². The Morgan fingerprint density at radius 3 is 2.32 bits per heavy atom. The van der Waals surface area contributed by atoms with Crippen LogP contribution in [-0.4, -0.2) is 70.2 Å². The first-order valence-corrected chi connectivity index (χ1v) is 17.2. The van der Waals surface area contributed by atoms with Gasteiger partial charge in [-0.2, -0.15) is 4.31 Å². The molecule has 1 fully saturated rings. The van der Waals surface area contributed by atoms with E-state index in [4.69, 9.17) is 26.8 Å². The molecule has 1 aliphatic heterocycles. The van der Waals surface area contributed by atoms with E-state index in [2.05, 4.69) is 5.32 Å². The number of imide groups is 1. The van der Waals surface area contributed by atoms with Crippen LogP contribution in [0.2, 0.25) is 5.02 Å². The average Bonchev–Trinajstić information content (AvgIpc) is 3.05. The predicted octanol–water partition coefficient (Wildman–Crippen LogP) is 5.34. The molecule has 1 aliphatic rings. The number of carbonyl (C=O) groups excluding carboxylic acids is 2. The van der Waals surface area contributed by atoms with Crippen molar-refractivity contribution in [2.75, 3.05) is 32.2 Å². The van der Waals surface area contributed by atoms with Gasteiger partial charge in [-0.3, -0.25) is 4.79 Å². The summed E-state index contributed by atoms with van der Waals surface area (Å²) in [6, 6.07) is 15.0. The van der Waals surface area contributed by atoms with Gasteiger partial charge >= 0.3 is 6.09 Å². The lowest BCUT2D eigenvalue weighted by molar-refractivity contribution is -0.120. The van der Waals surface area contributed by atoms with E-state index >= 15 is 4.39 Å². The van der Waals surface area contributed by atoms with Crippen molar-refractivity contribution in [1.29, 1.82) is 0 Å². The number of hydrogen-bond donors (Lipinski definition) is 2. The Morgan fingerprint density at radius 1 is 1.06 bits per heavy atom. The Balaban J connectivity index is 1.67. The first kappa shape index (κ1) is 36.3. The highest BCUT2D eigenvalue weighted by atomic mass is 35.5. The number of methoxy groups -OCH3 is 2. The summed E-state index contributed by atoms with van der Waals surface area (Å²) in [5.74, 6) is -1.51. The molecule has 4 rings (SSSR count). The third-order valence-corrected chi connectivity index (χ3v) is 10.9. The number of ether oxygens (including phenoxy) is 2. The van der Waals surface area contributed by atoms with Crippen molar-refractivity contribution in [3.8, 4) is 5.75 Å². The molecule has 2 amide bonds.